The van der Waals surface area contributed by atoms with Crippen LogP contribution in [0.4, 0.5) is 11.4 Å². The van der Waals surface area contributed by atoms with Gasteiger partial charge in [0.05, 0.1) is 11.0 Å². The standard InChI is InChI=1S/C33H38N8O6/c34-33(35)37-20-8-14-28(30(43)38-24-15-17-25(18-16-24)41(46)47)40(31(44)23-11-5-2-6-12-23)32(45)27(21-22-9-3-1-4-10-22)39-29(42)26-13-7-19-36-26/h1-6,9-12,15-18,26-28,36H,7-8,13-14,19-21H2,(H,38,43)(H,39,42)(H4,34,35,37)/t26-,27-,28-/m0/s1. The van der Waals surface area contributed by atoms with Gasteiger partial charge >= 0.3 is 0 Å². The van der Waals surface area contributed by atoms with Crippen LogP contribution in [0.1, 0.15) is 41.6 Å². The number of nitro groups is 1. The number of carbonyl (C=O) groups excluding carboxylic acids is 4. The number of hydrogen-bond donors (Lipinski definition) is 6. The first-order valence-corrected chi connectivity index (χ1v) is 15.3. The number of nitrogens with one attached hydrogen (secondary N) is 5. The summed E-state index contributed by atoms with van der Waals surface area (Å²) in [7, 11) is 0. The molecule has 47 heavy (non-hydrogen) atoms. The largest absolute Gasteiger partial charge is 0.370 e. The highest BCUT2D eigenvalue weighted by atomic mass is 16.6. The van der Waals surface area contributed by atoms with Crippen molar-refractivity contribution in [2.24, 2.45) is 5.73 Å². The molecule has 0 aliphatic carbocycles. The second-order valence-electron chi connectivity index (χ2n) is 11.1. The van der Waals surface area contributed by atoms with Crippen LogP contribution in [0.25, 0.3) is 0 Å². The molecule has 0 unspecified atom stereocenters. The molecule has 0 radical (unpaired) electrons. The van der Waals surface area contributed by atoms with E-state index in [2.05, 4.69) is 21.3 Å². The zero-order chi connectivity index (χ0) is 33.8. The SMILES string of the molecule is N=C(N)NCCC[C@@H](C(=O)Nc1ccc([N+](=O)[O-])cc1)N(C(=O)c1ccccc1)C(=O)[C@H](Cc1ccccc1)NC(=O)[C@@H]1CCCN1. The van der Waals surface area contributed by atoms with E-state index in [0.717, 1.165) is 16.9 Å². The number of hydrogen-bond acceptors (Lipinski definition) is 8. The summed E-state index contributed by atoms with van der Waals surface area (Å²) >= 11 is 0. The van der Waals surface area contributed by atoms with E-state index >= 15 is 0 Å². The molecule has 7 N–H and O–H groups in total. The number of nitrogens with two attached hydrogens (primary N) is 1. The minimum absolute atomic E-state index is 0.0282. The van der Waals surface area contributed by atoms with Crippen molar-refractivity contribution in [3.8, 4) is 0 Å². The highest BCUT2D eigenvalue weighted by molar-refractivity contribution is 6.11. The van der Waals surface area contributed by atoms with Crippen molar-refractivity contribution in [2.75, 3.05) is 18.4 Å². The summed E-state index contributed by atoms with van der Waals surface area (Å²) in [5.74, 6) is -2.91. The van der Waals surface area contributed by atoms with E-state index in [1.165, 1.54) is 36.4 Å². The molecule has 3 atom stereocenters. The molecule has 3 aromatic carbocycles. The molecule has 3 aromatic rings. The first-order chi connectivity index (χ1) is 22.6. The van der Waals surface area contributed by atoms with Gasteiger partial charge in [0.25, 0.3) is 17.5 Å². The van der Waals surface area contributed by atoms with E-state index in [1.807, 2.05) is 6.07 Å². The number of amides is 4. The molecular weight excluding hydrogens is 604 g/mol. The Morgan fingerprint density at radius 2 is 1.66 bits per heavy atom. The molecular formula is C33H38N8O6. The van der Waals surface area contributed by atoms with E-state index in [4.69, 9.17) is 11.1 Å². The van der Waals surface area contributed by atoms with Gasteiger partial charge in [-0.05, 0) is 62.1 Å². The molecule has 1 aliphatic heterocycles. The zero-order valence-electron chi connectivity index (χ0n) is 25.7. The van der Waals surface area contributed by atoms with Crippen molar-refractivity contribution in [1.82, 2.24) is 20.9 Å². The molecule has 246 valence electrons. The van der Waals surface area contributed by atoms with Crippen molar-refractivity contribution in [3.63, 3.8) is 0 Å². The third kappa shape index (κ3) is 9.68. The van der Waals surface area contributed by atoms with Crippen LogP contribution in [0.2, 0.25) is 0 Å². The van der Waals surface area contributed by atoms with Crippen LogP contribution >= 0.6 is 0 Å². The van der Waals surface area contributed by atoms with Gasteiger partial charge in [-0.15, -0.1) is 0 Å². The van der Waals surface area contributed by atoms with E-state index < -0.39 is 40.8 Å². The molecule has 1 saturated heterocycles. The van der Waals surface area contributed by atoms with Crippen LogP contribution in [0.5, 0.6) is 0 Å². The molecule has 4 amide bonds. The van der Waals surface area contributed by atoms with E-state index in [1.54, 1.807) is 42.5 Å². The molecule has 1 heterocycles. The Kier molecular flexibility index (Phi) is 12.1. The zero-order valence-corrected chi connectivity index (χ0v) is 25.7. The van der Waals surface area contributed by atoms with E-state index in [9.17, 15) is 29.3 Å². The molecule has 1 fully saturated rings. The first kappa shape index (κ1) is 34.2. The Morgan fingerprint density at radius 3 is 2.26 bits per heavy atom. The number of benzene rings is 3. The number of nitro benzene ring substituents is 1. The molecule has 14 nitrogen and oxygen atoms in total. The summed E-state index contributed by atoms with van der Waals surface area (Å²) in [5.41, 5.74) is 6.35. The Labute approximate surface area is 271 Å². The van der Waals surface area contributed by atoms with Crippen LogP contribution in [0.15, 0.2) is 84.9 Å². The number of non-ortho nitro benzene ring substituents is 1. The third-order valence-corrected chi connectivity index (χ3v) is 7.68. The molecule has 0 spiro atoms. The lowest BCUT2D eigenvalue weighted by molar-refractivity contribution is -0.384. The summed E-state index contributed by atoms with van der Waals surface area (Å²) in [4.78, 5) is 67.6. The Balaban J connectivity index is 1.73. The number of imide groups is 1. The lowest BCUT2D eigenvalue weighted by Crippen LogP contribution is -2.59. The Bertz CT molecular complexity index is 1560. The van der Waals surface area contributed by atoms with Gasteiger partial charge in [0, 0.05) is 36.3 Å². The van der Waals surface area contributed by atoms with Crippen molar-refractivity contribution >= 4 is 41.0 Å². The van der Waals surface area contributed by atoms with Crippen molar-refractivity contribution in [3.05, 3.63) is 106 Å². The highest BCUT2D eigenvalue weighted by Crippen LogP contribution is 2.21. The van der Waals surface area contributed by atoms with Gasteiger partial charge in [0.15, 0.2) is 5.96 Å². The van der Waals surface area contributed by atoms with Crippen LogP contribution in [-0.2, 0) is 20.8 Å². The Hall–Kier alpha value is -5.63. The van der Waals surface area contributed by atoms with Crippen LogP contribution in [0, 0.1) is 15.5 Å². The molecule has 0 bridgehead atoms. The quantitative estimate of drug-likeness (QED) is 0.0500. The summed E-state index contributed by atoms with van der Waals surface area (Å²) in [6.07, 6.45) is 1.64. The topological polar surface area (TPSA) is 213 Å². The van der Waals surface area contributed by atoms with Crippen molar-refractivity contribution in [1.29, 1.82) is 5.41 Å². The maximum absolute atomic E-state index is 14.6. The van der Waals surface area contributed by atoms with E-state index in [0.29, 0.717) is 13.0 Å². The van der Waals surface area contributed by atoms with Gasteiger partial charge in [-0.2, -0.15) is 0 Å². The summed E-state index contributed by atoms with van der Waals surface area (Å²) < 4.78 is 0. The van der Waals surface area contributed by atoms with Gasteiger partial charge in [0.1, 0.15) is 12.1 Å². The highest BCUT2D eigenvalue weighted by Gasteiger charge is 2.40. The first-order valence-electron chi connectivity index (χ1n) is 15.3. The number of nitrogens with zero attached hydrogens (tertiary/aromatic N) is 2. The summed E-state index contributed by atoms with van der Waals surface area (Å²) in [5, 5.41) is 29.9. The predicted octanol–water partition coefficient (Wildman–Crippen LogP) is 2.31. The number of rotatable bonds is 14. The van der Waals surface area contributed by atoms with Crippen molar-refractivity contribution < 1.29 is 24.1 Å². The molecule has 0 saturated carbocycles. The summed E-state index contributed by atoms with van der Waals surface area (Å²) in [6.45, 7) is 0.836. The van der Waals surface area contributed by atoms with Crippen LogP contribution in [-0.4, -0.2) is 70.6 Å². The maximum Gasteiger partial charge on any atom is 0.269 e. The maximum atomic E-state index is 14.6. The second-order valence-corrected chi connectivity index (χ2v) is 11.1. The smallest absolute Gasteiger partial charge is 0.269 e. The summed E-state index contributed by atoms with van der Waals surface area (Å²) in [6, 6.07) is 19.1. The normalized spacial score (nSPS) is 15.1. The van der Waals surface area contributed by atoms with Gasteiger partial charge in [0.2, 0.25) is 11.8 Å². The van der Waals surface area contributed by atoms with Gasteiger partial charge in [-0.25, -0.2) is 0 Å². The second kappa shape index (κ2) is 16.6. The number of guanidine groups is 1. The van der Waals surface area contributed by atoms with Crippen LogP contribution in [0.3, 0.4) is 0 Å². The van der Waals surface area contributed by atoms with Crippen molar-refractivity contribution in [2.45, 2.75) is 50.2 Å². The Morgan fingerprint density at radius 1 is 1.00 bits per heavy atom. The van der Waals surface area contributed by atoms with Gasteiger partial charge in [-0.1, -0.05) is 48.5 Å². The average Bonchev–Trinajstić information content (AvgIpc) is 3.62. The molecule has 14 heteroatoms. The predicted molar refractivity (Wildman–Crippen MR) is 175 cm³/mol. The van der Waals surface area contributed by atoms with Gasteiger partial charge < -0.3 is 27.0 Å². The fraction of sp³-hybridized carbons (Fsp3) is 0.303. The lowest BCUT2D eigenvalue weighted by atomic mass is 10.00. The lowest BCUT2D eigenvalue weighted by Gasteiger charge is -2.33. The number of anilines is 1. The fourth-order valence-electron chi connectivity index (χ4n) is 5.30. The van der Waals surface area contributed by atoms with E-state index in [-0.39, 0.29) is 54.6 Å². The third-order valence-electron chi connectivity index (χ3n) is 7.68. The molecule has 0 aromatic heterocycles. The fourth-order valence-corrected chi connectivity index (χ4v) is 5.30. The minimum atomic E-state index is -1.38. The van der Waals surface area contributed by atoms with Crippen LogP contribution < -0.4 is 27.0 Å². The minimum Gasteiger partial charge on any atom is -0.370 e. The van der Waals surface area contributed by atoms with Gasteiger partial charge in [-0.3, -0.25) is 39.6 Å². The number of carbonyl (C=O) groups is 4. The molecule has 4 rings (SSSR count). The monoisotopic (exact) mass is 642 g/mol. The molecule has 1 aliphatic rings. The average molecular weight is 643 g/mol.